The van der Waals surface area contributed by atoms with Crippen LogP contribution in [0.5, 0.6) is 5.75 Å². The van der Waals surface area contributed by atoms with Gasteiger partial charge in [0.05, 0.1) is 13.0 Å². The number of benzene rings is 1. The van der Waals surface area contributed by atoms with E-state index in [0.717, 1.165) is 11.3 Å². The molecule has 0 saturated carbocycles. The fourth-order valence-electron chi connectivity index (χ4n) is 3.12. The van der Waals surface area contributed by atoms with Crippen LogP contribution in [0.25, 0.3) is 0 Å². The van der Waals surface area contributed by atoms with Crippen LogP contribution in [-0.2, 0) is 4.79 Å². The Morgan fingerprint density at radius 2 is 2.12 bits per heavy atom. The SMILES string of the molecule is COc1cccc(C2CN(C(=O)c3cc(C)[nH]n3)CC2C(=O)O)c1. The first-order valence-electron chi connectivity index (χ1n) is 7.67. The minimum atomic E-state index is -0.906. The minimum absolute atomic E-state index is 0.169. The molecule has 7 heteroatoms. The van der Waals surface area contributed by atoms with E-state index in [-0.39, 0.29) is 18.4 Å². The number of nitrogens with one attached hydrogen (secondary N) is 1. The van der Waals surface area contributed by atoms with Gasteiger partial charge in [0.25, 0.3) is 5.91 Å². The van der Waals surface area contributed by atoms with Crippen molar-refractivity contribution in [1.29, 1.82) is 0 Å². The number of aromatic nitrogens is 2. The van der Waals surface area contributed by atoms with Crippen LogP contribution in [0.1, 0.15) is 27.7 Å². The Morgan fingerprint density at radius 1 is 1.33 bits per heavy atom. The number of hydrogen-bond donors (Lipinski definition) is 2. The van der Waals surface area contributed by atoms with Crippen molar-refractivity contribution in [3.05, 3.63) is 47.3 Å². The molecule has 0 radical (unpaired) electrons. The molecule has 0 bridgehead atoms. The normalized spacial score (nSPS) is 20.2. The lowest BCUT2D eigenvalue weighted by Crippen LogP contribution is -2.30. The number of methoxy groups -OCH3 is 1. The number of carboxylic acid groups (broad SMARTS) is 1. The molecular formula is C17H19N3O4. The number of hydrogen-bond acceptors (Lipinski definition) is 4. The van der Waals surface area contributed by atoms with Crippen molar-refractivity contribution in [2.45, 2.75) is 12.8 Å². The summed E-state index contributed by atoms with van der Waals surface area (Å²) in [6.07, 6.45) is 0. The number of nitrogens with zero attached hydrogens (tertiary/aromatic N) is 2. The molecule has 3 rings (SSSR count). The van der Waals surface area contributed by atoms with E-state index in [4.69, 9.17) is 4.74 Å². The van der Waals surface area contributed by atoms with Gasteiger partial charge >= 0.3 is 5.97 Å². The number of ether oxygens (including phenoxy) is 1. The molecule has 1 aliphatic rings. The van der Waals surface area contributed by atoms with Crippen molar-refractivity contribution < 1.29 is 19.4 Å². The summed E-state index contributed by atoms with van der Waals surface area (Å²) in [6.45, 7) is 2.32. The zero-order valence-corrected chi connectivity index (χ0v) is 13.5. The van der Waals surface area contributed by atoms with Gasteiger partial charge in [0.1, 0.15) is 11.4 Å². The second-order valence-corrected chi connectivity index (χ2v) is 5.97. The molecule has 7 nitrogen and oxygen atoms in total. The fourth-order valence-corrected chi connectivity index (χ4v) is 3.12. The van der Waals surface area contributed by atoms with E-state index < -0.39 is 11.9 Å². The van der Waals surface area contributed by atoms with E-state index in [9.17, 15) is 14.7 Å². The summed E-state index contributed by atoms with van der Waals surface area (Å²) >= 11 is 0. The summed E-state index contributed by atoms with van der Waals surface area (Å²) in [7, 11) is 1.57. The number of rotatable bonds is 4. The monoisotopic (exact) mass is 329 g/mol. The van der Waals surface area contributed by atoms with Crippen molar-refractivity contribution in [1.82, 2.24) is 15.1 Å². The quantitative estimate of drug-likeness (QED) is 0.889. The molecule has 1 aromatic carbocycles. The molecule has 2 heterocycles. The van der Waals surface area contributed by atoms with Crippen molar-refractivity contribution in [3.8, 4) is 5.75 Å². The van der Waals surface area contributed by atoms with Gasteiger partial charge in [0.15, 0.2) is 0 Å². The van der Waals surface area contributed by atoms with E-state index in [1.54, 1.807) is 18.1 Å². The summed E-state index contributed by atoms with van der Waals surface area (Å²) in [5.74, 6) is -1.42. The van der Waals surface area contributed by atoms with Gasteiger partial charge in [0, 0.05) is 24.7 Å². The predicted octanol–water partition coefficient (Wildman–Crippen LogP) is 1.67. The summed E-state index contributed by atoms with van der Waals surface area (Å²) in [5.41, 5.74) is 1.95. The van der Waals surface area contributed by atoms with Crippen LogP contribution in [0.15, 0.2) is 30.3 Å². The Hall–Kier alpha value is -2.83. The standard InChI is InChI=1S/C17H19N3O4/c1-10-6-15(19-18-10)16(21)20-8-13(14(9-20)17(22)23)11-4-3-5-12(7-11)24-2/h3-7,13-14H,8-9H2,1-2H3,(H,18,19)(H,22,23). The lowest BCUT2D eigenvalue weighted by Gasteiger charge is -2.16. The topological polar surface area (TPSA) is 95.5 Å². The highest BCUT2D eigenvalue weighted by Gasteiger charge is 2.41. The Kier molecular flexibility index (Phi) is 4.24. The van der Waals surface area contributed by atoms with Gasteiger partial charge < -0.3 is 14.7 Å². The molecule has 1 amide bonds. The molecule has 1 aromatic heterocycles. The van der Waals surface area contributed by atoms with Gasteiger partial charge in [-0.05, 0) is 30.7 Å². The lowest BCUT2D eigenvalue weighted by atomic mass is 9.89. The van der Waals surface area contributed by atoms with Crippen LogP contribution in [0, 0.1) is 12.8 Å². The molecule has 0 spiro atoms. The Bertz CT molecular complexity index is 771. The molecule has 24 heavy (non-hydrogen) atoms. The highest BCUT2D eigenvalue weighted by atomic mass is 16.5. The number of carbonyl (C=O) groups excluding carboxylic acids is 1. The highest BCUT2D eigenvalue weighted by molar-refractivity contribution is 5.93. The van der Waals surface area contributed by atoms with E-state index in [0.29, 0.717) is 18.0 Å². The van der Waals surface area contributed by atoms with Crippen LogP contribution >= 0.6 is 0 Å². The van der Waals surface area contributed by atoms with Gasteiger partial charge in [-0.25, -0.2) is 0 Å². The van der Waals surface area contributed by atoms with Crippen LogP contribution in [0.2, 0.25) is 0 Å². The maximum absolute atomic E-state index is 12.6. The molecule has 0 aliphatic carbocycles. The van der Waals surface area contributed by atoms with E-state index in [1.165, 1.54) is 0 Å². The third-order valence-electron chi connectivity index (χ3n) is 4.37. The van der Waals surface area contributed by atoms with Gasteiger partial charge in [-0.1, -0.05) is 12.1 Å². The Balaban J connectivity index is 1.86. The van der Waals surface area contributed by atoms with Gasteiger partial charge in [-0.15, -0.1) is 0 Å². The van der Waals surface area contributed by atoms with Crippen molar-refractivity contribution >= 4 is 11.9 Å². The summed E-state index contributed by atoms with van der Waals surface area (Å²) < 4.78 is 5.21. The zero-order valence-electron chi connectivity index (χ0n) is 13.5. The predicted molar refractivity (Wildman–Crippen MR) is 86.1 cm³/mol. The minimum Gasteiger partial charge on any atom is -0.497 e. The maximum Gasteiger partial charge on any atom is 0.308 e. The highest BCUT2D eigenvalue weighted by Crippen LogP contribution is 2.35. The number of amides is 1. The summed E-state index contributed by atoms with van der Waals surface area (Å²) in [6, 6.07) is 9.00. The average Bonchev–Trinajstić information content (AvgIpc) is 3.21. The number of H-pyrrole nitrogens is 1. The summed E-state index contributed by atoms with van der Waals surface area (Å²) in [5, 5.41) is 16.3. The fraction of sp³-hybridized carbons (Fsp3) is 0.353. The first kappa shape index (κ1) is 16.0. The van der Waals surface area contributed by atoms with Crippen molar-refractivity contribution in [2.24, 2.45) is 5.92 Å². The third kappa shape index (κ3) is 2.97. The molecule has 1 aliphatic heterocycles. The third-order valence-corrected chi connectivity index (χ3v) is 4.37. The van der Waals surface area contributed by atoms with Gasteiger partial charge in [0.2, 0.25) is 0 Å². The summed E-state index contributed by atoms with van der Waals surface area (Å²) in [4.78, 5) is 25.8. The maximum atomic E-state index is 12.6. The van der Waals surface area contributed by atoms with E-state index in [2.05, 4.69) is 10.2 Å². The second-order valence-electron chi connectivity index (χ2n) is 5.97. The van der Waals surface area contributed by atoms with E-state index in [1.807, 2.05) is 31.2 Å². The average molecular weight is 329 g/mol. The Labute approximate surface area is 139 Å². The van der Waals surface area contributed by atoms with Gasteiger partial charge in [-0.2, -0.15) is 5.10 Å². The molecule has 1 fully saturated rings. The number of carbonyl (C=O) groups is 2. The first-order valence-corrected chi connectivity index (χ1v) is 7.67. The van der Waals surface area contributed by atoms with Gasteiger partial charge in [-0.3, -0.25) is 14.7 Å². The Morgan fingerprint density at radius 3 is 2.75 bits per heavy atom. The van der Waals surface area contributed by atoms with Crippen LogP contribution in [0.4, 0.5) is 0 Å². The molecule has 2 aromatic rings. The van der Waals surface area contributed by atoms with Crippen LogP contribution in [0.3, 0.4) is 0 Å². The van der Waals surface area contributed by atoms with Crippen LogP contribution < -0.4 is 4.74 Å². The molecular weight excluding hydrogens is 310 g/mol. The molecule has 1 saturated heterocycles. The molecule has 2 atom stereocenters. The number of aromatic amines is 1. The molecule has 2 N–H and O–H groups in total. The van der Waals surface area contributed by atoms with Crippen LogP contribution in [-0.4, -0.2) is 52.3 Å². The number of aryl methyl sites for hydroxylation is 1. The largest absolute Gasteiger partial charge is 0.497 e. The lowest BCUT2D eigenvalue weighted by molar-refractivity contribution is -0.141. The zero-order chi connectivity index (χ0) is 17.3. The number of aliphatic carboxylic acids is 1. The van der Waals surface area contributed by atoms with Crippen molar-refractivity contribution in [3.63, 3.8) is 0 Å². The number of carboxylic acids is 1. The molecule has 2 unspecified atom stereocenters. The first-order chi connectivity index (χ1) is 11.5. The smallest absolute Gasteiger partial charge is 0.308 e. The molecule has 126 valence electrons. The van der Waals surface area contributed by atoms with Crippen molar-refractivity contribution in [2.75, 3.05) is 20.2 Å². The van der Waals surface area contributed by atoms with E-state index >= 15 is 0 Å². The number of likely N-dealkylation sites (tertiary alicyclic amines) is 1. The second kappa shape index (κ2) is 6.35.